The van der Waals surface area contributed by atoms with Crippen molar-refractivity contribution in [3.8, 4) is 5.75 Å². The lowest BCUT2D eigenvalue weighted by Gasteiger charge is -2.24. The van der Waals surface area contributed by atoms with Crippen LogP contribution in [-0.4, -0.2) is 65.7 Å². The summed E-state index contributed by atoms with van der Waals surface area (Å²) in [5.41, 5.74) is 0.971. The van der Waals surface area contributed by atoms with E-state index in [1.54, 1.807) is 7.11 Å². The minimum atomic E-state index is 0.413. The van der Waals surface area contributed by atoms with Crippen LogP contribution in [0.2, 0.25) is 0 Å². The van der Waals surface area contributed by atoms with E-state index in [2.05, 4.69) is 38.4 Å². The zero-order valence-electron chi connectivity index (χ0n) is 20.7. The predicted octanol–water partition coefficient (Wildman–Crippen LogP) is 5.44. The SMILES string of the molecule is CCN1CCCC1CNc1nc(NC2CCCCCC2)nc(N(C)c2ccc(OC)c(Br)c2)n1. The van der Waals surface area contributed by atoms with Gasteiger partial charge in [-0.05, 0) is 72.9 Å². The first kappa shape index (κ1) is 25.0. The molecule has 8 nitrogen and oxygen atoms in total. The minimum Gasteiger partial charge on any atom is -0.496 e. The number of benzene rings is 1. The molecule has 1 unspecified atom stereocenters. The van der Waals surface area contributed by atoms with Crippen molar-refractivity contribution in [3.05, 3.63) is 22.7 Å². The second-order valence-corrected chi connectivity index (χ2v) is 10.2. The third-order valence-corrected chi connectivity index (χ3v) is 7.66. The molecule has 1 aliphatic heterocycles. The molecule has 1 aromatic heterocycles. The summed E-state index contributed by atoms with van der Waals surface area (Å²) < 4.78 is 6.28. The van der Waals surface area contributed by atoms with Gasteiger partial charge in [0.1, 0.15) is 5.75 Å². The van der Waals surface area contributed by atoms with Crippen LogP contribution in [0.5, 0.6) is 5.75 Å². The highest BCUT2D eigenvalue weighted by Gasteiger charge is 2.23. The first-order chi connectivity index (χ1) is 16.6. The van der Waals surface area contributed by atoms with Crippen LogP contribution in [0.1, 0.15) is 58.3 Å². The number of rotatable bonds is 9. The fraction of sp³-hybridized carbons (Fsp3) is 0.640. The third-order valence-electron chi connectivity index (χ3n) is 7.04. The second kappa shape index (κ2) is 12.0. The van der Waals surface area contributed by atoms with Crippen molar-refractivity contribution in [1.82, 2.24) is 19.9 Å². The van der Waals surface area contributed by atoms with Crippen LogP contribution in [0.3, 0.4) is 0 Å². The number of halogens is 1. The van der Waals surface area contributed by atoms with E-state index in [0.717, 1.165) is 29.0 Å². The Morgan fingerprint density at radius 3 is 2.53 bits per heavy atom. The third kappa shape index (κ3) is 6.30. The van der Waals surface area contributed by atoms with Gasteiger partial charge >= 0.3 is 0 Å². The highest BCUT2D eigenvalue weighted by atomic mass is 79.9. The van der Waals surface area contributed by atoms with Gasteiger partial charge in [-0.3, -0.25) is 4.90 Å². The van der Waals surface area contributed by atoms with E-state index in [0.29, 0.717) is 29.9 Å². The number of likely N-dealkylation sites (N-methyl/N-ethyl adjacent to an activating group) is 1. The lowest BCUT2D eigenvalue weighted by atomic mass is 10.1. The van der Waals surface area contributed by atoms with Gasteiger partial charge in [0, 0.05) is 31.4 Å². The van der Waals surface area contributed by atoms with E-state index in [9.17, 15) is 0 Å². The molecule has 9 heteroatoms. The minimum absolute atomic E-state index is 0.413. The monoisotopic (exact) mass is 531 g/mol. The summed E-state index contributed by atoms with van der Waals surface area (Å²) in [7, 11) is 3.65. The van der Waals surface area contributed by atoms with Gasteiger partial charge in [-0.25, -0.2) is 0 Å². The van der Waals surface area contributed by atoms with Crippen LogP contribution in [-0.2, 0) is 0 Å². The molecule has 2 aromatic rings. The number of nitrogens with one attached hydrogen (secondary N) is 2. The van der Waals surface area contributed by atoms with Gasteiger partial charge in [0.15, 0.2) is 0 Å². The van der Waals surface area contributed by atoms with Gasteiger partial charge in [0.05, 0.1) is 11.6 Å². The highest BCUT2D eigenvalue weighted by molar-refractivity contribution is 9.10. The second-order valence-electron chi connectivity index (χ2n) is 9.30. The Hall–Kier alpha value is -2.13. The topological polar surface area (TPSA) is 78.4 Å². The first-order valence-corrected chi connectivity index (χ1v) is 13.4. The molecule has 186 valence electrons. The van der Waals surface area contributed by atoms with Crippen LogP contribution in [0, 0.1) is 0 Å². The molecule has 1 aromatic carbocycles. The number of anilines is 4. The molecule has 4 rings (SSSR count). The fourth-order valence-electron chi connectivity index (χ4n) is 5.00. The quantitative estimate of drug-likeness (QED) is 0.414. The van der Waals surface area contributed by atoms with E-state index in [-0.39, 0.29) is 0 Å². The van der Waals surface area contributed by atoms with Gasteiger partial charge in [-0.15, -0.1) is 0 Å². The number of hydrogen-bond donors (Lipinski definition) is 2. The smallest absolute Gasteiger partial charge is 0.236 e. The molecular formula is C25H38BrN7O. The Labute approximate surface area is 212 Å². The molecule has 1 aliphatic carbocycles. The Kier molecular flexibility index (Phi) is 8.83. The van der Waals surface area contributed by atoms with E-state index >= 15 is 0 Å². The Morgan fingerprint density at radius 1 is 1.06 bits per heavy atom. The predicted molar refractivity (Wildman–Crippen MR) is 142 cm³/mol. The Balaban J connectivity index is 1.57. The van der Waals surface area contributed by atoms with Crippen LogP contribution in [0.4, 0.5) is 23.5 Å². The Bertz CT molecular complexity index is 935. The van der Waals surface area contributed by atoms with E-state index in [1.165, 1.54) is 57.9 Å². The van der Waals surface area contributed by atoms with Crippen LogP contribution < -0.4 is 20.3 Å². The summed E-state index contributed by atoms with van der Waals surface area (Å²) >= 11 is 3.59. The molecule has 0 spiro atoms. The lowest BCUT2D eigenvalue weighted by molar-refractivity contribution is 0.277. The Morgan fingerprint density at radius 2 is 1.82 bits per heavy atom. The number of aromatic nitrogens is 3. The summed E-state index contributed by atoms with van der Waals surface area (Å²) in [6.45, 7) is 5.33. The molecule has 0 radical (unpaired) electrons. The maximum atomic E-state index is 5.39. The van der Waals surface area contributed by atoms with Gasteiger partial charge in [-0.1, -0.05) is 32.6 Å². The van der Waals surface area contributed by atoms with Crippen molar-refractivity contribution < 1.29 is 4.74 Å². The van der Waals surface area contributed by atoms with Crippen molar-refractivity contribution in [2.75, 3.05) is 49.3 Å². The normalized spacial score (nSPS) is 19.6. The van der Waals surface area contributed by atoms with Crippen molar-refractivity contribution in [3.63, 3.8) is 0 Å². The van der Waals surface area contributed by atoms with Crippen LogP contribution in [0.15, 0.2) is 22.7 Å². The van der Waals surface area contributed by atoms with Gasteiger partial charge in [-0.2, -0.15) is 15.0 Å². The van der Waals surface area contributed by atoms with Crippen molar-refractivity contribution >= 4 is 39.5 Å². The standard InChI is InChI=1S/C25H38BrN7O/c1-4-33-15-9-12-20(33)17-27-23-29-24(28-18-10-7-5-6-8-11-18)31-25(30-23)32(2)19-13-14-22(34-3)21(26)16-19/h13-14,16,18,20H,4-12,15,17H2,1-3H3,(H2,27,28,29,30,31). The zero-order chi connectivity index (χ0) is 23.9. The maximum absolute atomic E-state index is 5.39. The summed E-state index contributed by atoms with van der Waals surface area (Å²) in [5, 5.41) is 7.13. The number of methoxy groups -OCH3 is 1. The van der Waals surface area contributed by atoms with Gasteiger partial charge in [0.2, 0.25) is 17.8 Å². The molecule has 2 heterocycles. The molecule has 0 amide bonds. The molecular weight excluding hydrogens is 494 g/mol. The van der Waals surface area contributed by atoms with Gasteiger partial charge < -0.3 is 20.3 Å². The highest BCUT2D eigenvalue weighted by Crippen LogP contribution is 2.32. The fourth-order valence-corrected chi connectivity index (χ4v) is 5.52. The number of ether oxygens (including phenoxy) is 1. The summed E-state index contributed by atoms with van der Waals surface area (Å²) in [5.74, 6) is 2.69. The molecule has 1 saturated heterocycles. The first-order valence-electron chi connectivity index (χ1n) is 12.6. The zero-order valence-corrected chi connectivity index (χ0v) is 22.3. The van der Waals surface area contributed by atoms with Gasteiger partial charge in [0.25, 0.3) is 0 Å². The van der Waals surface area contributed by atoms with E-state index in [1.807, 2.05) is 30.1 Å². The molecule has 0 bridgehead atoms. The lowest BCUT2D eigenvalue weighted by Crippen LogP contribution is -2.35. The van der Waals surface area contributed by atoms with E-state index in [4.69, 9.17) is 19.7 Å². The number of hydrogen-bond acceptors (Lipinski definition) is 8. The van der Waals surface area contributed by atoms with Crippen LogP contribution >= 0.6 is 15.9 Å². The molecule has 1 saturated carbocycles. The maximum Gasteiger partial charge on any atom is 0.236 e. The molecule has 2 N–H and O–H groups in total. The summed E-state index contributed by atoms with van der Waals surface area (Å²) in [6, 6.07) is 6.91. The summed E-state index contributed by atoms with van der Waals surface area (Å²) in [6.07, 6.45) is 9.95. The largest absolute Gasteiger partial charge is 0.496 e. The van der Waals surface area contributed by atoms with Crippen molar-refractivity contribution in [2.45, 2.75) is 70.4 Å². The van der Waals surface area contributed by atoms with E-state index < -0.39 is 0 Å². The number of likely N-dealkylation sites (tertiary alicyclic amines) is 1. The average Bonchev–Trinajstić information content (AvgIpc) is 3.16. The molecule has 2 aliphatic rings. The average molecular weight is 533 g/mol. The molecule has 1 atom stereocenters. The molecule has 34 heavy (non-hydrogen) atoms. The number of nitrogens with zero attached hydrogens (tertiary/aromatic N) is 5. The van der Waals surface area contributed by atoms with Crippen molar-refractivity contribution in [1.29, 1.82) is 0 Å². The summed E-state index contributed by atoms with van der Waals surface area (Å²) in [4.78, 5) is 18.9. The van der Waals surface area contributed by atoms with Crippen molar-refractivity contribution in [2.24, 2.45) is 0 Å². The molecule has 2 fully saturated rings. The van der Waals surface area contributed by atoms with Crippen LogP contribution in [0.25, 0.3) is 0 Å².